The molecule has 1 aromatic rings. The van der Waals surface area contributed by atoms with Crippen LogP contribution in [0.5, 0.6) is 0 Å². The van der Waals surface area contributed by atoms with E-state index in [2.05, 4.69) is 39.1 Å². The SMILES string of the molecule is Cc1cc(C(C)NC2CC(C)CC(C)C2)c(C)o1. The minimum atomic E-state index is 0.393. The van der Waals surface area contributed by atoms with Gasteiger partial charge in [-0.05, 0) is 57.9 Å². The zero-order chi connectivity index (χ0) is 13.3. The highest BCUT2D eigenvalue weighted by molar-refractivity contribution is 5.23. The van der Waals surface area contributed by atoms with Gasteiger partial charge in [-0.15, -0.1) is 0 Å². The average Bonchev–Trinajstić information content (AvgIpc) is 2.56. The first-order chi connectivity index (χ1) is 8.45. The van der Waals surface area contributed by atoms with Crippen molar-refractivity contribution in [2.45, 2.75) is 66.0 Å². The van der Waals surface area contributed by atoms with E-state index in [1.807, 2.05) is 6.92 Å². The number of aryl methyl sites for hydroxylation is 2. The van der Waals surface area contributed by atoms with Crippen molar-refractivity contribution in [3.8, 4) is 0 Å². The molecule has 3 atom stereocenters. The predicted octanol–water partition coefficient (Wildman–Crippen LogP) is 4.37. The summed E-state index contributed by atoms with van der Waals surface area (Å²) < 4.78 is 5.63. The Morgan fingerprint density at radius 2 is 1.78 bits per heavy atom. The first-order valence-electron chi connectivity index (χ1n) is 7.28. The molecular formula is C16H27NO. The summed E-state index contributed by atoms with van der Waals surface area (Å²) in [5, 5.41) is 3.79. The third-order valence-corrected chi connectivity index (χ3v) is 4.21. The van der Waals surface area contributed by atoms with Crippen molar-refractivity contribution in [3.05, 3.63) is 23.2 Å². The molecule has 0 bridgehead atoms. The maximum Gasteiger partial charge on any atom is 0.105 e. The minimum absolute atomic E-state index is 0.393. The van der Waals surface area contributed by atoms with Crippen molar-refractivity contribution in [1.29, 1.82) is 0 Å². The van der Waals surface area contributed by atoms with Crippen molar-refractivity contribution in [3.63, 3.8) is 0 Å². The fourth-order valence-electron chi connectivity index (χ4n) is 3.61. The van der Waals surface area contributed by atoms with Crippen molar-refractivity contribution in [2.24, 2.45) is 11.8 Å². The van der Waals surface area contributed by atoms with Crippen molar-refractivity contribution in [1.82, 2.24) is 5.32 Å². The summed E-state index contributed by atoms with van der Waals surface area (Å²) in [5.74, 6) is 3.78. The molecule has 1 heterocycles. The van der Waals surface area contributed by atoms with Gasteiger partial charge in [-0.1, -0.05) is 13.8 Å². The topological polar surface area (TPSA) is 25.2 Å². The van der Waals surface area contributed by atoms with Gasteiger partial charge in [0.05, 0.1) is 0 Å². The monoisotopic (exact) mass is 249 g/mol. The first kappa shape index (κ1) is 13.7. The summed E-state index contributed by atoms with van der Waals surface area (Å²) in [6.45, 7) is 11.1. The van der Waals surface area contributed by atoms with Crippen LogP contribution in [-0.2, 0) is 0 Å². The van der Waals surface area contributed by atoms with Crippen LogP contribution in [0, 0.1) is 25.7 Å². The third kappa shape index (κ3) is 3.17. The Bertz CT molecular complexity index is 386. The van der Waals surface area contributed by atoms with E-state index in [1.165, 1.54) is 24.8 Å². The molecule has 0 spiro atoms. The highest BCUT2D eigenvalue weighted by Gasteiger charge is 2.25. The summed E-state index contributed by atoms with van der Waals surface area (Å²) in [6, 6.07) is 3.22. The van der Waals surface area contributed by atoms with E-state index < -0.39 is 0 Å². The lowest BCUT2D eigenvalue weighted by atomic mass is 9.80. The van der Waals surface area contributed by atoms with Gasteiger partial charge in [0.1, 0.15) is 11.5 Å². The summed E-state index contributed by atoms with van der Waals surface area (Å²) in [5.41, 5.74) is 1.32. The molecule has 1 saturated carbocycles. The number of hydrogen-bond acceptors (Lipinski definition) is 2. The van der Waals surface area contributed by atoms with Gasteiger partial charge in [-0.3, -0.25) is 0 Å². The Labute approximate surface area is 111 Å². The Kier molecular flexibility index (Phi) is 4.16. The first-order valence-corrected chi connectivity index (χ1v) is 7.28. The zero-order valence-corrected chi connectivity index (χ0v) is 12.4. The molecule has 0 aliphatic heterocycles. The van der Waals surface area contributed by atoms with E-state index in [4.69, 9.17) is 4.42 Å². The van der Waals surface area contributed by atoms with Crippen LogP contribution in [0.4, 0.5) is 0 Å². The number of furan rings is 1. The molecule has 0 aromatic carbocycles. The second-order valence-corrected chi connectivity index (χ2v) is 6.37. The van der Waals surface area contributed by atoms with Crippen LogP contribution in [0.2, 0.25) is 0 Å². The molecule has 0 saturated heterocycles. The Hall–Kier alpha value is -0.760. The molecule has 102 valence electrons. The lowest BCUT2D eigenvalue weighted by Crippen LogP contribution is -2.37. The molecule has 0 radical (unpaired) electrons. The van der Waals surface area contributed by atoms with Gasteiger partial charge in [-0.2, -0.15) is 0 Å². The summed E-state index contributed by atoms with van der Waals surface area (Å²) in [7, 11) is 0. The number of nitrogens with one attached hydrogen (secondary N) is 1. The number of hydrogen-bond donors (Lipinski definition) is 1. The standard InChI is InChI=1S/C16H27NO/c1-10-6-11(2)8-15(7-10)17-13(4)16-9-12(3)18-14(16)5/h9-11,13,15,17H,6-8H2,1-5H3. The molecule has 1 aliphatic carbocycles. The second-order valence-electron chi connectivity index (χ2n) is 6.37. The highest BCUT2D eigenvalue weighted by Crippen LogP contribution is 2.30. The van der Waals surface area contributed by atoms with E-state index in [1.54, 1.807) is 0 Å². The van der Waals surface area contributed by atoms with E-state index in [0.29, 0.717) is 12.1 Å². The fourth-order valence-corrected chi connectivity index (χ4v) is 3.61. The van der Waals surface area contributed by atoms with Crippen LogP contribution >= 0.6 is 0 Å². The normalized spacial score (nSPS) is 30.4. The third-order valence-electron chi connectivity index (χ3n) is 4.21. The van der Waals surface area contributed by atoms with E-state index in [-0.39, 0.29) is 0 Å². The molecule has 0 amide bonds. The van der Waals surface area contributed by atoms with E-state index >= 15 is 0 Å². The predicted molar refractivity (Wildman–Crippen MR) is 75.7 cm³/mol. The van der Waals surface area contributed by atoms with Gasteiger partial charge < -0.3 is 9.73 Å². The van der Waals surface area contributed by atoms with Gasteiger partial charge in [0.15, 0.2) is 0 Å². The molecule has 3 unspecified atom stereocenters. The summed E-state index contributed by atoms with van der Waals surface area (Å²) in [4.78, 5) is 0. The molecule has 1 fully saturated rings. The second kappa shape index (κ2) is 5.48. The largest absolute Gasteiger partial charge is 0.466 e. The maximum absolute atomic E-state index is 5.63. The van der Waals surface area contributed by atoms with Crippen molar-refractivity contribution < 1.29 is 4.42 Å². The maximum atomic E-state index is 5.63. The van der Waals surface area contributed by atoms with Gasteiger partial charge in [0.2, 0.25) is 0 Å². The Balaban J connectivity index is 1.98. The smallest absolute Gasteiger partial charge is 0.105 e. The van der Waals surface area contributed by atoms with Gasteiger partial charge in [0, 0.05) is 17.6 Å². The van der Waals surface area contributed by atoms with Crippen LogP contribution in [0.25, 0.3) is 0 Å². The summed E-state index contributed by atoms with van der Waals surface area (Å²) >= 11 is 0. The number of rotatable bonds is 3. The summed E-state index contributed by atoms with van der Waals surface area (Å²) in [6.07, 6.45) is 4.01. The Morgan fingerprint density at radius 3 is 2.28 bits per heavy atom. The lowest BCUT2D eigenvalue weighted by molar-refractivity contribution is 0.228. The van der Waals surface area contributed by atoms with Gasteiger partial charge in [-0.25, -0.2) is 0 Å². The lowest BCUT2D eigenvalue weighted by Gasteiger charge is -2.34. The van der Waals surface area contributed by atoms with E-state index in [9.17, 15) is 0 Å². The average molecular weight is 249 g/mol. The Morgan fingerprint density at radius 1 is 1.17 bits per heavy atom. The van der Waals surface area contributed by atoms with Crippen LogP contribution in [0.3, 0.4) is 0 Å². The zero-order valence-electron chi connectivity index (χ0n) is 12.4. The molecule has 2 nitrogen and oxygen atoms in total. The van der Waals surface area contributed by atoms with Gasteiger partial charge in [0.25, 0.3) is 0 Å². The van der Waals surface area contributed by atoms with E-state index in [0.717, 1.165) is 23.4 Å². The molecular weight excluding hydrogens is 222 g/mol. The fraction of sp³-hybridized carbons (Fsp3) is 0.750. The molecule has 2 rings (SSSR count). The molecule has 1 N–H and O–H groups in total. The van der Waals surface area contributed by atoms with Crippen LogP contribution in [0.15, 0.2) is 10.5 Å². The van der Waals surface area contributed by atoms with Crippen LogP contribution in [-0.4, -0.2) is 6.04 Å². The minimum Gasteiger partial charge on any atom is -0.466 e. The molecule has 18 heavy (non-hydrogen) atoms. The van der Waals surface area contributed by atoms with Crippen LogP contribution < -0.4 is 5.32 Å². The van der Waals surface area contributed by atoms with Crippen LogP contribution in [0.1, 0.15) is 63.2 Å². The van der Waals surface area contributed by atoms with Crippen molar-refractivity contribution in [2.75, 3.05) is 0 Å². The molecule has 2 heteroatoms. The van der Waals surface area contributed by atoms with Gasteiger partial charge >= 0.3 is 0 Å². The van der Waals surface area contributed by atoms with Crippen molar-refractivity contribution >= 4 is 0 Å². The molecule has 1 aromatic heterocycles. The molecule has 1 aliphatic rings. The quantitative estimate of drug-likeness (QED) is 0.860. The highest BCUT2D eigenvalue weighted by atomic mass is 16.3.